The van der Waals surface area contributed by atoms with Crippen LogP contribution in [0.5, 0.6) is 0 Å². The Labute approximate surface area is 141 Å². The number of nitrogens with zero attached hydrogens (tertiary/aromatic N) is 3. The molecule has 2 heterocycles. The first-order valence-corrected chi connectivity index (χ1v) is 8.79. The average molecular weight is 332 g/mol. The highest BCUT2D eigenvalue weighted by Gasteiger charge is 2.25. The van der Waals surface area contributed by atoms with Crippen molar-refractivity contribution in [2.75, 3.05) is 11.9 Å². The van der Waals surface area contributed by atoms with E-state index in [0.29, 0.717) is 6.54 Å². The number of pyridine rings is 1. The van der Waals surface area contributed by atoms with Crippen molar-refractivity contribution in [2.24, 2.45) is 0 Å². The van der Waals surface area contributed by atoms with E-state index in [1.165, 1.54) is 11.3 Å². The van der Waals surface area contributed by atoms with Crippen molar-refractivity contribution in [3.8, 4) is 0 Å². The van der Waals surface area contributed by atoms with Crippen molar-refractivity contribution in [2.45, 2.75) is 46.7 Å². The molecule has 2 rings (SSSR count). The van der Waals surface area contributed by atoms with Crippen molar-refractivity contribution in [1.82, 2.24) is 14.9 Å². The molecule has 0 aliphatic heterocycles. The van der Waals surface area contributed by atoms with E-state index in [1.54, 1.807) is 12.4 Å². The van der Waals surface area contributed by atoms with Crippen LogP contribution in [0.25, 0.3) is 0 Å². The topological polar surface area (TPSA) is 58.1 Å². The standard InChI is InChI=1S/C17H24N4OS/c1-5-12(3)21(11-14-7-9-18-10-8-14)16(22)15-13(4)20-17(23-15)19-6-2/h7-10,12H,5-6,11H2,1-4H3,(H,19,20). The molecule has 0 saturated heterocycles. The molecule has 0 aliphatic rings. The second-order valence-corrected chi connectivity index (χ2v) is 6.51. The van der Waals surface area contributed by atoms with Crippen molar-refractivity contribution in [3.63, 3.8) is 0 Å². The van der Waals surface area contributed by atoms with E-state index in [9.17, 15) is 4.79 Å². The zero-order valence-corrected chi connectivity index (χ0v) is 15.0. The number of hydrogen-bond acceptors (Lipinski definition) is 5. The maximum atomic E-state index is 13.0. The third kappa shape index (κ3) is 4.28. The number of anilines is 1. The van der Waals surface area contributed by atoms with Crippen LogP contribution in [-0.2, 0) is 6.54 Å². The minimum Gasteiger partial charge on any atom is -0.362 e. The van der Waals surface area contributed by atoms with Crippen molar-refractivity contribution < 1.29 is 4.79 Å². The summed E-state index contributed by atoms with van der Waals surface area (Å²) in [5.41, 5.74) is 1.88. The van der Waals surface area contributed by atoms with Gasteiger partial charge in [-0.25, -0.2) is 4.98 Å². The van der Waals surface area contributed by atoms with Gasteiger partial charge >= 0.3 is 0 Å². The molecule has 0 radical (unpaired) electrons. The highest BCUT2D eigenvalue weighted by Crippen LogP contribution is 2.26. The summed E-state index contributed by atoms with van der Waals surface area (Å²) in [6.07, 6.45) is 4.43. The summed E-state index contributed by atoms with van der Waals surface area (Å²) in [5, 5.41) is 3.99. The predicted octanol–water partition coefficient (Wildman–Crippen LogP) is 3.72. The van der Waals surface area contributed by atoms with Gasteiger partial charge in [-0.15, -0.1) is 0 Å². The van der Waals surface area contributed by atoms with Gasteiger partial charge in [0.05, 0.1) is 5.69 Å². The van der Waals surface area contributed by atoms with Crippen LogP contribution in [0.4, 0.5) is 5.13 Å². The Kier molecular flexibility index (Phi) is 6.10. The molecule has 1 N–H and O–H groups in total. The maximum absolute atomic E-state index is 13.0. The molecule has 2 aromatic rings. The molecule has 0 aromatic carbocycles. The maximum Gasteiger partial charge on any atom is 0.266 e. The lowest BCUT2D eigenvalue weighted by Crippen LogP contribution is -2.37. The molecule has 5 nitrogen and oxygen atoms in total. The third-order valence-corrected chi connectivity index (χ3v) is 4.91. The SMILES string of the molecule is CCNc1nc(C)c(C(=O)N(Cc2ccncc2)C(C)CC)s1. The zero-order chi connectivity index (χ0) is 16.8. The van der Waals surface area contributed by atoms with Gasteiger partial charge in [-0.1, -0.05) is 18.3 Å². The number of nitrogens with one attached hydrogen (secondary N) is 1. The van der Waals surface area contributed by atoms with Crippen LogP contribution < -0.4 is 5.32 Å². The number of carbonyl (C=O) groups excluding carboxylic acids is 1. The summed E-state index contributed by atoms with van der Waals surface area (Å²) >= 11 is 1.43. The van der Waals surface area contributed by atoms with Crippen LogP contribution in [0.2, 0.25) is 0 Å². The van der Waals surface area contributed by atoms with Gasteiger partial charge in [0, 0.05) is 31.5 Å². The Hall–Kier alpha value is -1.95. The highest BCUT2D eigenvalue weighted by atomic mass is 32.1. The number of hydrogen-bond donors (Lipinski definition) is 1. The van der Waals surface area contributed by atoms with Crippen molar-refractivity contribution in [3.05, 3.63) is 40.7 Å². The molecule has 23 heavy (non-hydrogen) atoms. The number of thiazole rings is 1. The second-order valence-electron chi connectivity index (χ2n) is 5.51. The molecule has 0 aliphatic carbocycles. The zero-order valence-electron chi connectivity index (χ0n) is 14.2. The Balaban J connectivity index is 2.26. The van der Waals surface area contributed by atoms with Gasteiger partial charge in [0.2, 0.25) is 0 Å². The van der Waals surface area contributed by atoms with Gasteiger partial charge in [0.1, 0.15) is 4.88 Å². The van der Waals surface area contributed by atoms with E-state index in [4.69, 9.17) is 0 Å². The quantitative estimate of drug-likeness (QED) is 0.839. The van der Waals surface area contributed by atoms with Crippen molar-refractivity contribution >= 4 is 22.4 Å². The number of aryl methyl sites for hydroxylation is 1. The van der Waals surface area contributed by atoms with Gasteiger partial charge in [0.15, 0.2) is 5.13 Å². The predicted molar refractivity (Wildman–Crippen MR) is 94.9 cm³/mol. The van der Waals surface area contributed by atoms with Crippen LogP contribution in [-0.4, -0.2) is 33.4 Å². The minimum absolute atomic E-state index is 0.0512. The molecular weight excluding hydrogens is 308 g/mol. The molecule has 0 spiro atoms. The van der Waals surface area contributed by atoms with Crippen LogP contribution in [0.1, 0.15) is 48.1 Å². The number of amides is 1. The second kappa shape index (κ2) is 8.06. The monoisotopic (exact) mass is 332 g/mol. The molecule has 1 amide bonds. The molecule has 6 heteroatoms. The van der Waals surface area contributed by atoms with Gasteiger partial charge < -0.3 is 10.2 Å². The van der Waals surface area contributed by atoms with E-state index in [2.05, 4.69) is 29.1 Å². The first-order valence-electron chi connectivity index (χ1n) is 7.97. The summed E-state index contributed by atoms with van der Waals surface area (Å²) < 4.78 is 0. The summed E-state index contributed by atoms with van der Waals surface area (Å²) in [6, 6.07) is 4.07. The molecule has 124 valence electrons. The Morgan fingerprint density at radius 1 is 1.35 bits per heavy atom. The lowest BCUT2D eigenvalue weighted by atomic mass is 10.1. The lowest BCUT2D eigenvalue weighted by molar-refractivity contribution is 0.0675. The van der Waals surface area contributed by atoms with E-state index in [0.717, 1.165) is 34.2 Å². The third-order valence-electron chi connectivity index (χ3n) is 3.80. The molecule has 0 fully saturated rings. The molecule has 1 atom stereocenters. The molecule has 2 aromatic heterocycles. The fourth-order valence-corrected chi connectivity index (χ4v) is 3.28. The summed E-state index contributed by atoms with van der Waals surface area (Å²) in [6.45, 7) is 9.48. The molecular formula is C17H24N4OS. The van der Waals surface area contributed by atoms with E-state index >= 15 is 0 Å². The molecule has 0 saturated carbocycles. The average Bonchev–Trinajstić information content (AvgIpc) is 2.93. The summed E-state index contributed by atoms with van der Waals surface area (Å²) in [4.78, 5) is 24.2. The largest absolute Gasteiger partial charge is 0.362 e. The van der Waals surface area contributed by atoms with E-state index in [-0.39, 0.29) is 11.9 Å². The fourth-order valence-electron chi connectivity index (χ4n) is 2.29. The first-order chi connectivity index (χ1) is 11.1. The minimum atomic E-state index is 0.0512. The fraction of sp³-hybridized carbons (Fsp3) is 0.471. The van der Waals surface area contributed by atoms with E-state index in [1.807, 2.05) is 30.9 Å². The van der Waals surface area contributed by atoms with Gasteiger partial charge in [-0.2, -0.15) is 0 Å². The van der Waals surface area contributed by atoms with Gasteiger partial charge in [-0.05, 0) is 44.9 Å². The Bertz CT molecular complexity index is 641. The van der Waals surface area contributed by atoms with Crippen LogP contribution in [0.15, 0.2) is 24.5 Å². The molecule has 0 bridgehead atoms. The smallest absolute Gasteiger partial charge is 0.266 e. The van der Waals surface area contributed by atoms with Crippen LogP contribution >= 0.6 is 11.3 Å². The van der Waals surface area contributed by atoms with Crippen molar-refractivity contribution in [1.29, 1.82) is 0 Å². The first kappa shape index (κ1) is 17.4. The van der Waals surface area contributed by atoms with E-state index < -0.39 is 0 Å². The van der Waals surface area contributed by atoms with Gasteiger partial charge in [-0.3, -0.25) is 9.78 Å². The number of carbonyl (C=O) groups is 1. The summed E-state index contributed by atoms with van der Waals surface area (Å²) in [7, 11) is 0. The lowest BCUT2D eigenvalue weighted by Gasteiger charge is -2.28. The van der Waals surface area contributed by atoms with Gasteiger partial charge in [0.25, 0.3) is 5.91 Å². The highest BCUT2D eigenvalue weighted by molar-refractivity contribution is 7.17. The Morgan fingerprint density at radius 3 is 2.65 bits per heavy atom. The number of aromatic nitrogens is 2. The Morgan fingerprint density at radius 2 is 2.04 bits per heavy atom. The molecule has 1 unspecified atom stereocenters. The van der Waals surface area contributed by atoms with Crippen LogP contribution in [0.3, 0.4) is 0 Å². The number of rotatable bonds is 7. The van der Waals surface area contributed by atoms with Crippen LogP contribution in [0, 0.1) is 6.92 Å². The normalized spacial score (nSPS) is 12.0. The summed E-state index contributed by atoms with van der Waals surface area (Å²) in [5.74, 6) is 0.0512.